The van der Waals surface area contributed by atoms with Crippen molar-refractivity contribution < 1.29 is 9.21 Å². The van der Waals surface area contributed by atoms with E-state index in [2.05, 4.69) is 22.2 Å². The highest BCUT2D eigenvalue weighted by Crippen LogP contribution is 2.12. The first-order valence-corrected chi connectivity index (χ1v) is 7.06. The lowest BCUT2D eigenvalue weighted by Crippen LogP contribution is -2.60. The second kappa shape index (κ2) is 6.88. The highest BCUT2D eigenvalue weighted by Gasteiger charge is 2.31. The van der Waals surface area contributed by atoms with Crippen LogP contribution in [0, 0.1) is 0 Å². The van der Waals surface area contributed by atoms with Gasteiger partial charge in [-0.05, 0) is 26.1 Å². The molecule has 2 atom stereocenters. The van der Waals surface area contributed by atoms with Gasteiger partial charge in [0.25, 0.3) is 0 Å². The van der Waals surface area contributed by atoms with Gasteiger partial charge >= 0.3 is 0 Å². The number of carbonyl (C=O) groups excluding carboxylic acids is 1. The van der Waals surface area contributed by atoms with Crippen molar-refractivity contribution in [2.45, 2.75) is 25.6 Å². The van der Waals surface area contributed by atoms with Gasteiger partial charge in [0.05, 0.1) is 18.8 Å². The number of furan rings is 1. The summed E-state index contributed by atoms with van der Waals surface area (Å²) in [6.45, 7) is 5.68. The number of hydrogen-bond acceptors (Lipinski definition) is 5. The predicted molar refractivity (Wildman–Crippen MR) is 77.1 cm³/mol. The summed E-state index contributed by atoms with van der Waals surface area (Å²) in [4.78, 5) is 16.7. The topological polar surface area (TPSA) is 74.7 Å². The van der Waals surface area contributed by atoms with Crippen LogP contribution in [0.3, 0.4) is 0 Å². The summed E-state index contributed by atoms with van der Waals surface area (Å²) in [5, 5.41) is 2.91. The number of hydrogen-bond donors (Lipinski definition) is 2. The van der Waals surface area contributed by atoms with Crippen LogP contribution in [0.4, 0.5) is 0 Å². The molecule has 1 aromatic heterocycles. The van der Waals surface area contributed by atoms with Crippen molar-refractivity contribution in [3.05, 3.63) is 24.2 Å². The van der Waals surface area contributed by atoms with E-state index in [0.717, 1.165) is 25.4 Å². The van der Waals surface area contributed by atoms with Gasteiger partial charge in [-0.3, -0.25) is 9.69 Å². The number of piperazine rings is 1. The molecule has 1 aliphatic rings. The summed E-state index contributed by atoms with van der Waals surface area (Å²) in [6.07, 6.45) is 1.61. The Labute approximate surface area is 119 Å². The smallest absolute Gasteiger partial charge is 0.237 e. The predicted octanol–water partition coefficient (Wildman–Crippen LogP) is -0.141. The molecule has 1 fully saturated rings. The molecule has 1 saturated heterocycles. The minimum absolute atomic E-state index is 0.0180. The van der Waals surface area contributed by atoms with Crippen LogP contribution in [0.2, 0.25) is 0 Å². The first-order chi connectivity index (χ1) is 9.61. The third kappa shape index (κ3) is 3.59. The second-order valence-corrected chi connectivity index (χ2v) is 5.36. The molecule has 0 saturated carbocycles. The van der Waals surface area contributed by atoms with Gasteiger partial charge in [0, 0.05) is 32.2 Å². The fourth-order valence-electron chi connectivity index (χ4n) is 2.63. The number of nitrogens with two attached hydrogens (primary N) is 1. The SMILES string of the molecule is CC(C(=O)NCc1ccco1)N1CCN(C)CC1CN. The van der Waals surface area contributed by atoms with Crippen molar-refractivity contribution in [3.8, 4) is 0 Å². The summed E-state index contributed by atoms with van der Waals surface area (Å²) in [5.74, 6) is 0.781. The van der Waals surface area contributed by atoms with E-state index in [0.29, 0.717) is 13.1 Å². The third-order valence-corrected chi connectivity index (χ3v) is 3.90. The van der Waals surface area contributed by atoms with E-state index in [1.54, 1.807) is 6.26 Å². The zero-order valence-electron chi connectivity index (χ0n) is 12.2. The molecule has 2 unspecified atom stereocenters. The minimum Gasteiger partial charge on any atom is -0.467 e. The quantitative estimate of drug-likeness (QED) is 0.785. The van der Waals surface area contributed by atoms with Crippen molar-refractivity contribution in [2.24, 2.45) is 5.73 Å². The van der Waals surface area contributed by atoms with E-state index >= 15 is 0 Å². The summed E-state index contributed by atoms with van der Waals surface area (Å²) < 4.78 is 5.21. The molecule has 0 aromatic carbocycles. The molecule has 1 aromatic rings. The maximum atomic E-state index is 12.2. The Morgan fingerprint density at radius 2 is 2.40 bits per heavy atom. The molecule has 0 bridgehead atoms. The molecule has 0 radical (unpaired) electrons. The van der Waals surface area contributed by atoms with Crippen molar-refractivity contribution in [1.29, 1.82) is 0 Å². The van der Waals surface area contributed by atoms with E-state index < -0.39 is 0 Å². The van der Waals surface area contributed by atoms with Crippen LogP contribution in [0.25, 0.3) is 0 Å². The summed E-state index contributed by atoms with van der Waals surface area (Å²) in [7, 11) is 2.08. The molecule has 0 aliphatic carbocycles. The van der Waals surface area contributed by atoms with Crippen molar-refractivity contribution in [2.75, 3.05) is 33.2 Å². The number of carbonyl (C=O) groups is 1. The first kappa shape index (κ1) is 15.0. The molecule has 3 N–H and O–H groups in total. The van der Waals surface area contributed by atoms with Gasteiger partial charge in [-0.25, -0.2) is 0 Å². The molecular formula is C14H24N4O2. The summed E-state index contributed by atoms with van der Waals surface area (Å²) in [5.41, 5.74) is 5.83. The Balaban J connectivity index is 1.88. The Morgan fingerprint density at radius 3 is 3.05 bits per heavy atom. The van der Waals surface area contributed by atoms with Crippen molar-refractivity contribution in [1.82, 2.24) is 15.1 Å². The maximum Gasteiger partial charge on any atom is 0.237 e. The van der Waals surface area contributed by atoms with E-state index in [9.17, 15) is 4.79 Å². The van der Waals surface area contributed by atoms with Crippen LogP contribution in [0.1, 0.15) is 12.7 Å². The van der Waals surface area contributed by atoms with Crippen LogP contribution >= 0.6 is 0 Å². The molecule has 2 heterocycles. The molecule has 20 heavy (non-hydrogen) atoms. The first-order valence-electron chi connectivity index (χ1n) is 7.06. The average Bonchev–Trinajstić information content (AvgIpc) is 2.97. The zero-order valence-corrected chi connectivity index (χ0v) is 12.2. The Hall–Kier alpha value is -1.37. The van der Waals surface area contributed by atoms with E-state index in [4.69, 9.17) is 10.2 Å². The maximum absolute atomic E-state index is 12.2. The Bertz CT molecular complexity index is 421. The fourth-order valence-corrected chi connectivity index (χ4v) is 2.63. The monoisotopic (exact) mass is 280 g/mol. The van der Waals surface area contributed by atoms with E-state index in [1.807, 2.05) is 19.1 Å². The van der Waals surface area contributed by atoms with Crippen molar-refractivity contribution in [3.63, 3.8) is 0 Å². The normalized spacial score (nSPS) is 22.6. The number of likely N-dealkylation sites (N-methyl/N-ethyl adjacent to an activating group) is 1. The van der Waals surface area contributed by atoms with Gasteiger partial charge in [-0.2, -0.15) is 0 Å². The lowest BCUT2D eigenvalue weighted by atomic mass is 10.1. The fraction of sp³-hybridized carbons (Fsp3) is 0.643. The van der Waals surface area contributed by atoms with Crippen LogP contribution in [-0.4, -0.2) is 61.0 Å². The largest absolute Gasteiger partial charge is 0.467 e. The number of rotatable bonds is 5. The third-order valence-electron chi connectivity index (χ3n) is 3.90. The van der Waals surface area contributed by atoms with Gasteiger partial charge in [0.15, 0.2) is 0 Å². The highest BCUT2D eigenvalue weighted by molar-refractivity contribution is 5.81. The van der Waals surface area contributed by atoms with E-state index in [-0.39, 0.29) is 18.0 Å². The lowest BCUT2D eigenvalue weighted by molar-refractivity contribution is -0.128. The summed E-state index contributed by atoms with van der Waals surface area (Å²) in [6, 6.07) is 3.73. The number of nitrogens with zero attached hydrogens (tertiary/aromatic N) is 2. The number of amides is 1. The molecule has 2 rings (SSSR count). The molecule has 1 amide bonds. The van der Waals surface area contributed by atoms with Crippen LogP contribution in [0.5, 0.6) is 0 Å². The molecule has 112 valence electrons. The molecular weight excluding hydrogens is 256 g/mol. The van der Waals surface area contributed by atoms with Crippen LogP contribution < -0.4 is 11.1 Å². The molecule has 6 heteroatoms. The highest BCUT2D eigenvalue weighted by atomic mass is 16.3. The summed E-state index contributed by atoms with van der Waals surface area (Å²) >= 11 is 0. The van der Waals surface area contributed by atoms with Crippen LogP contribution in [-0.2, 0) is 11.3 Å². The van der Waals surface area contributed by atoms with Gasteiger partial charge in [0.1, 0.15) is 5.76 Å². The molecule has 6 nitrogen and oxygen atoms in total. The van der Waals surface area contributed by atoms with Gasteiger partial charge in [-0.15, -0.1) is 0 Å². The molecule has 0 spiro atoms. The Kier molecular flexibility index (Phi) is 5.17. The van der Waals surface area contributed by atoms with Gasteiger partial charge in [0.2, 0.25) is 5.91 Å². The lowest BCUT2D eigenvalue weighted by Gasteiger charge is -2.42. The zero-order chi connectivity index (χ0) is 14.5. The van der Waals surface area contributed by atoms with Crippen molar-refractivity contribution >= 4 is 5.91 Å². The Morgan fingerprint density at radius 1 is 1.60 bits per heavy atom. The minimum atomic E-state index is -0.174. The molecule has 1 aliphatic heterocycles. The van der Waals surface area contributed by atoms with Crippen LogP contribution in [0.15, 0.2) is 22.8 Å². The second-order valence-electron chi connectivity index (χ2n) is 5.36. The standard InChI is InChI=1S/C14H24N4O2/c1-11(14(19)16-9-13-4-3-7-20-13)18-6-5-17(2)10-12(18)8-15/h3-4,7,11-12H,5-6,8-10,15H2,1-2H3,(H,16,19). The van der Waals surface area contributed by atoms with E-state index in [1.165, 1.54) is 0 Å². The van der Waals surface area contributed by atoms with Gasteiger partial charge < -0.3 is 20.4 Å². The number of nitrogens with one attached hydrogen (secondary N) is 1. The average molecular weight is 280 g/mol. The van der Waals surface area contributed by atoms with Gasteiger partial charge in [-0.1, -0.05) is 0 Å².